The van der Waals surface area contributed by atoms with E-state index in [0.717, 1.165) is 15.4 Å². The van der Waals surface area contributed by atoms with Crippen LogP contribution in [0.25, 0.3) is 0 Å². The van der Waals surface area contributed by atoms with Gasteiger partial charge >= 0.3 is 0 Å². The van der Waals surface area contributed by atoms with Crippen molar-refractivity contribution in [3.8, 4) is 11.5 Å². The number of hydrogen-bond acceptors (Lipinski definition) is 5. The van der Waals surface area contributed by atoms with Crippen molar-refractivity contribution in [2.24, 2.45) is 0 Å². The highest BCUT2D eigenvalue weighted by atomic mass is 32.2. The average Bonchev–Trinajstić information content (AvgIpc) is 2.83. The van der Waals surface area contributed by atoms with Crippen LogP contribution in [0.2, 0.25) is 0 Å². The van der Waals surface area contributed by atoms with Crippen LogP contribution in [0.5, 0.6) is 11.5 Å². The van der Waals surface area contributed by atoms with Gasteiger partial charge in [-0.15, -0.1) is 0 Å². The minimum Gasteiger partial charge on any atom is -0.493 e. The Morgan fingerprint density at radius 2 is 1.62 bits per heavy atom. The van der Waals surface area contributed by atoms with E-state index in [4.69, 9.17) is 9.47 Å². The highest BCUT2D eigenvalue weighted by Gasteiger charge is 2.28. The Bertz CT molecular complexity index is 1260. The molecule has 8 heteroatoms. The van der Waals surface area contributed by atoms with Crippen molar-refractivity contribution in [1.82, 2.24) is 0 Å². The average molecular weight is 483 g/mol. The summed E-state index contributed by atoms with van der Waals surface area (Å²) in [5, 5.41) is 2.94. The molecule has 0 spiro atoms. The molecule has 0 bridgehead atoms. The number of nitrogens with zero attached hydrogens (tertiary/aromatic N) is 1. The predicted molar refractivity (Wildman–Crippen MR) is 134 cm³/mol. The molecule has 0 unspecified atom stereocenters. The number of hydrogen-bond donors (Lipinski definition) is 1. The quantitative estimate of drug-likeness (QED) is 0.465. The van der Waals surface area contributed by atoms with Gasteiger partial charge in [0.25, 0.3) is 10.0 Å². The molecule has 0 aliphatic rings. The van der Waals surface area contributed by atoms with Crippen molar-refractivity contribution in [3.63, 3.8) is 0 Å². The third-order valence-electron chi connectivity index (χ3n) is 5.47. The van der Waals surface area contributed by atoms with Crippen molar-refractivity contribution in [1.29, 1.82) is 0 Å². The van der Waals surface area contributed by atoms with Crippen molar-refractivity contribution in [3.05, 3.63) is 77.9 Å². The summed E-state index contributed by atoms with van der Waals surface area (Å²) in [7, 11) is -1.19. The van der Waals surface area contributed by atoms with E-state index in [1.165, 1.54) is 32.4 Å². The number of carbonyl (C=O) groups is 1. The molecule has 0 atom stereocenters. The first-order chi connectivity index (χ1) is 16.2. The Kier molecular flexibility index (Phi) is 7.83. The summed E-state index contributed by atoms with van der Waals surface area (Å²) in [5.41, 5.74) is 2.98. The second-order valence-electron chi connectivity index (χ2n) is 8.11. The zero-order chi connectivity index (χ0) is 24.9. The Morgan fingerprint density at radius 1 is 0.941 bits per heavy atom. The van der Waals surface area contributed by atoms with Crippen LogP contribution in [0.1, 0.15) is 30.9 Å². The number of nitrogens with one attached hydrogen (secondary N) is 1. The van der Waals surface area contributed by atoms with Crippen LogP contribution in [0, 0.1) is 6.92 Å². The number of amides is 1. The van der Waals surface area contributed by atoms with E-state index < -0.39 is 22.5 Å². The van der Waals surface area contributed by atoms with Crippen LogP contribution >= 0.6 is 0 Å². The van der Waals surface area contributed by atoms with Gasteiger partial charge in [0, 0.05) is 11.8 Å². The molecule has 0 fully saturated rings. The molecule has 0 aliphatic heterocycles. The van der Waals surface area contributed by atoms with Gasteiger partial charge in [-0.1, -0.05) is 50.2 Å². The van der Waals surface area contributed by atoms with E-state index in [-0.39, 0.29) is 16.6 Å². The second-order valence-corrected chi connectivity index (χ2v) is 9.97. The van der Waals surface area contributed by atoms with Crippen molar-refractivity contribution in [2.45, 2.75) is 31.6 Å². The molecular formula is C26H30N2O5S. The molecular weight excluding hydrogens is 452 g/mol. The normalized spacial score (nSPS) is 11.2. The largest absolute Gasteiger partial charge is 0.493 e. The number of anilines is 2. The molecule has 3 aromatic rings. The van der Waals surface area contributed by atoms with Gasteiger partial charge in [0.15, 0.2) is 11.5 Å². The first kappa shape index (κ1) is 25.1. The van der Waals surface area contributed by atoms with E-state index in [1.807, 2.05) is 39.0 Å². The van der Waals surface area contributed by atoms with Gasteiger partial charge in [0.05, 0.1) is 24.8 Å². The van der Waals surface area contributed by atoms with Gasteiger partial charge in [-0.25, -0.2) is 8.42 Å². The van der Waals surface area contributed by atoms with Crippen LogP contribution in [-0.4, -0.2) is 35.1 Å². The van der Waals surface area contributed by atoms with Gasteiger partial charge in [0.1, 0.15) is 6.54 Å². The molecule has 0 radical (unpaired) electrons. The van der Waals surface area contributed by atoms with Crippen molar-refractivity contribution >= 4 is 27.3 Å². The standard InChI is InChI=1S/C26H30N2O5S/c1-18(2)22-13-9-10-19(3)26(22)27-25(29)17-28(20-11-7-6-8-12-20)34(30,31)21-14-15-23(32-4)24(16-21)33-5/h6-16,18H,17H2,1-5H3,(H,27,29). The molecule has 34 heavy (non-hydrogen) atoms. The summed E-state index contributed by atoms with van der Waals surface area (Å²) < 4.78 is 39.0. The van der Waals surface area contributed by atoms with Gasteiger partial charge in [0.2, 0.25) is 5.91 Å². The number of methoxy groups -OCH3 is 2. The van der Waals surface area contributed by atoms with Crippen LogP contribution in [0.4, 0.5) is 11.4 Å². The number of sulfonamides is 1. The third kappa shape index (κ3) is 5.34. The number of benzene rings is 3. The summed E-state index contributed by atoms with van der Waals surface area (Å²) in [5.74, 6) is 0.439. The second kappa shape index (κ2) is 10.6. The first-order valence-corrected chi connectivity index (χ1v) is 12.3. The highest BCUT2D eigenvalue weighted by Crippen LogP contribution is 2.32. The van der Waals surface area contributed by atoms with Crippen LogP contribution < -0.4 is 19.1 Å². The molecule has 3 aromatic carbocycles. The fourth-order valence-electron chi connectivity index (χ4n) is 3.67. The van der Waals surface area contributed by atoms with Crippen LogP contribution in [0.15, 0.2) is 71.6 Å². The molecule has 1 N–H and O–H groups in total. The predicted octanol–water partition coefficient (Wildman–Crippen LogP) is 4.97. The van der Waals surface area contributed by atoms with E-state index >= 15 is 0 Å². The highest BCUT2D eigenvalue weighted by molar-refractivity contribution is 7.92. The zero-order valence-corrected chi connectivity index (χ0v) is 20.8. The van der Waals surface area contributed by atoms with Gasteiger partial charge in [-0.2, -0.15) is 0 Å². The SMILES string of the molecule is COc1ccc(S(=O)(=O)N(CC(=O)Nc2c(C)cccc2C(C)C)c2ccccc2)cc1OC. The molecule has 7 nitrogen and oxygen atoms in total. The summed E-state index contributed by atoms with van der Waals surface area (Å²) in [6.45, 7) is 5.61. The maximum absolute atomic E-state index is 13.7. The molecule has 3 rings (SSSR count). The summed E-state index contributed by atoms with van der Waals surface area (Å²) in [6.07, 6.45) is 0. The number of para-hydroxylation sites is 2. The molecule has 0 aliphatic carbocycles. The topological polar surface area (TPSA) is 84.9 Å². The van der Waals surface area contributed by atoms with Crippen LogP contribution in [0.3, 0.4) is 0 Å². The maximum Gasteiger partial charge on any atom is 0.264 e. The maximum atomic E-state index is 13.7. The molecule has 0 aromatic heterocycles. The van der Waals surface area contributed by atoms with Gasteiger partial charge < -0.3 is 14.8 Å². The van der Waals surface area contributed by atoms with E-state index in [2.05, 4.69) is 5.32 Å². The summed E-state index contributed by atoms with van der Waals surface area (Å²) in [6, 6.07) is 18.7. The third-order valence-corrected chi connectivity index (χ3v) is 7.24. The fraction of sp³-hybridized carbons (Fsp3) is 0.269. The Hall–Kier alpha value is -3.52. The molecule has 0 saturated carbocycles. The molecule has 1 amide bonds. The summed E-state index contributed by atoms with van der Waals surface area (Å²) in [4.78, 5) is 13.1. The number of ether oxygens (including phenoxy) is 2. The van der Waals surface area contributed by atoms with Crippen LogP contribution in [-0.2, 0) is 14.8 Å². The number of carbonyl (C=O) groups excluding carboxylic acids is 1. The lowest BCUT2D eigenvalue weighted by Gasteiger charge is -2.25. The number of aryl methyl sites for hydroxylation is 1. The van der Waals surface area contributed by atoms with E-state index in [9.17, 15) is 13.2 Å². The lowest BCUT2D eigenvalue weighted by molar-refractivity contribution is -0.114. The summed E-state index contributed by atoms with van der Waals surface area (Å²) >= 11 is 0. The Labute approximate surface area is 201 Å². The minimum absolute atomic E-state index is 0.0134. The first-order valence-electron chi connectivity index (χ1n) is 10.9. The molecule has 180 valence electrons. The lowest BCUT2D eigenvalue weighted by atomic mass is 9.98. The Morgan fingerprint density at radius 3 is 2.24 bits per heavy atom. The van der Waals surface area contributed by atoms with Crippen molar-refractivity contribution in [2.75, 3.05) is 30.4 Å². The lowest BCUT2D eigenvalue weighted by Crippen LogP contribution is -2.38. The van der Waals surface area contributed by atoms with E-state index in [1.54, 1.807) is 30.3 Å². The molecule has 0 saturated heterocycles. The Balaban J connectivity index is 2.00. The minimum atomic E-state index is -4.10. The number of rotatable bonds is 9. The van der Waals surface area contributed by atoms with Gasteiger partial charge in [-0.3, -0.25) is 9.10 Å². The van der Waals surface area contributed by atoms with E-state index in [0.29, 0.717) is 17.1 Å². The van der Waals surface area contributed by atoms with Crippen molar-refractivity contribution < 1.29 is 22.7 Å². The fourth-order valence-corrected chi connectivity index (χ4v) is 5.10. The molecule has 0 heterocycles. The smallest absolute Gasteiger partial charge is 0.264 e. The monoisotopic (exact) mass is 482 g/mol. The zero-order valence-electron chi connectivity index (χ0n) is 20.0. The van der Waals surface area contributed by atoms with Gasteiger partial charge in [-0.05, 0) is 48.2 Å².